The lowest BCUT2D eigenvalue weighted by atomic mass is 10.2. The van der Waals surface area contributed by atoms with Crippen LogP contribution in [0.4, 0.5) is 5.82 Å². The van der Waals surface area contributed by atoms with E-state index in [1.54, 1.807) is 23.5 Å². The molecular weight excluding hydrogens is 296 g/mol. The number of nitrogens with zero attached hydrogens (tertiary/aromatic N) is 4. The van der Waals surface area contributed by atoms with Gasteiger partial charge in [-0.2, -0.15) is 0 Å². The Morgan fingerprint density at radius 3 is 2.74 bits per heavy atom. The van der Waals surface area contributed by atoms with Crippen LogP contribution in [0.1, 0.15) is 12.8 Å². The zero-order chi connectivity index (χ0) is 16.1. The highest BCUT2D eigenvalue weighted by Gasteiger charge is 2.25. The lowest BCUT2D eigenvalue weighted by molar-refractivity contribution is -0.133. The van der Waals surface area contributed by atoms with Crippen molar-refractivity contribution in [3.05, 3.63) is 18.6 Å². The van der Waals surface area contributed by atoms with E-state index in [2.05, 4.69) is 25.5 Å². The highest BCUT2D eigenvalue weighted by molar-refractivity contribution is 5.87. The Kier molecular flexibility index (Phi) is 5.02. The predicted molar refractivity (Wildman–Crippen MR) is 84.9 cm³/mol. The van der Waals surface area contributed by atoms with Crippen molar-refractivity contribution in [1.82, 2.24) is 25.5 Å². The average Bonchev–Trinajstić information content (AvgIpc) is 3.15. The molecule has 1 aromatic rings. The minimum Gasteiger partial charge on any atom is -0.352 e. The third-order valence-electron chi connectivity index (χ3n) is 4.30. The minimum atomic E-state index is -0.142. The topological polar surface area (TPSA) is 90.5 Å². The minimum absolute atomic E-state index is 0.0323. The van der Waals surface area contributed by atoms with Crippen molar-refractivity contribution in [2.45, 2.75) is 18.9 Å². The maximum absolute atomic E-state index is 12.2. The number of piperazine rings is 1. The molecule has 2 aliphatic rings. The summed E-state index contributed by atoms with van der Waals surface area (Å²) in [6, 6.07) is -0.142. The lowest BCUT2D eigenvalue weighted by Gasteiger charge is -2.35. The number of amides is 2. The van der Waals surface area contributed by atoms with Crippen LogP contribution < -0.4 is 15.5 Å². The van der Waals surface area contributed by atoms with Crippen LogP contribution in [0.25, 0.3) is 0 Å². The molecule has 1 aromatic heterocycles. The van der Waals surface area contributed by atoms with Crippen molar-refractivity contribution >= 4 is 17.6 Å². The van der Waals surface area contributed by atoms with Crippen molar-refractivity contribution in [2.75, 3.05) is 44.2 Å². The van der Waals surface area contributed by atoms with Crippen LogP contribution in [0.3, 0.4) is 0 Å². The molecule has 8 heteroatoms. The number of carbonyl (C=O) groups excluding carboxylic acids is 2. The Morgan fingerprint density at radius 2 is 2.09 bits per heavy atom. The number of carbonyl (C=O) groups is 2. The fourth-order valence-corrected chi connectivity index (χ4v) is 2.95. The van der Waals surface area contributed by atoms with Gasteiger partial charge in [0.05, 0.1) is 18.8 Å². The molecule has 2 amide bonds. The standard InChI is InChI=1S/C15H22N6O2/c22-14(11-19-15(23)12-2-1-3-17-12)21-8-6-20(7-9-21)13-10-16-4-5-18-13/h4-5,10,12,17H,1-3,6-9,11H2,(H,19,23). The first-order chi connectivity index (χ1) is 11.2. The number of nitrogens with one attached hydrogen (secondary N) is 2. The summed E-state index contributed by atoms with van der Waals surface area (Å²) in [7, 11) is 0. The van der Waals surface area contributed by atoms with Gasteiger partial charge in [-0.25, -0.2) is 4.98 Å². The van der Waals surface area contributed by atoms with Crippen molar-refractivity contribution < 1.29 is 9.59 Å². The fourth-order valence-electron chi connectivity index (χ4n) is 2.95. The van der Waals surface area contributed by atoms with Crippen molar-refractivity contribution in [3.8, 4) is 0 Å². The summed E-state index contributed by atoms with van der Waals surface area (Å²) in [6.45, 7) is 3.66. The van der Waals surface area contributed by atoms with E-state index in [4.69, 9.17) is 0 Å². The quantitative estimate of drug-likeness (QED) is 0.740. The molecule has 0 spiro atoms. The molecule has 0 radical (unpaired) electrons. The SMILES string of the molecule is O=C(NCC(=O)N1CCN(c2cnccn2)CC1)C1CCCN1. The monoisotopic (exact) mass is 318 g/mol. The van der Waals surface area contributed by atoms with Crippen LogP contribution in [0.2, 0.25) is 0 Å². The van der Waals surface area contributed by atoms with E-state index in [9.17, 15) is 9.59 Å². The molecular formula is C15H22N6O2. The van der Waals surface area contributed by atoms with Gasteiger partial charge in [-0.3, -0.25) is 14.6 Å². The van der Waals surface area contributed by atoms with Crippen molar-refractivity contribution in [1.29, 1.82) is 0 Å². The molecule has 1 unspecified atom stereocenters. The summed E-state index contributed by atoms with van der Waals surface area (Å²) in [6.07, 6.45) is 6.89. The Bertz CT molecular complexity index is 538. The van der Waals surface area contributed by atoms with E-state index >= 15 is 0 Å². The second-order valence-corrected chi connectivity index (χ2v) is 5.80. The second-order valence-electron chi connectivity index (χ2n) is 5.80. The summed E-state index contributed by atoms with van der Waals surface area (Å²) in [4.78, 5) is 36.3. The van der Waals surface area contributed by atoms with Crippen LogP contribution in [0, 0.1) is 0 Å². The molecule has 0 aliphatic carbocycles. The van der Waals surface area contributed by atoms with E-state index in [-0.39, 0.29) is 24.4 Å². The third-order valence-corrected chi connectivity index (χ3v) is 4.30. The van der Waals surface area contributed by atoms with Gasteiger partial charge in [-0.05, 0) is 19.4 Å². The molecule has 124 valence electrons. The molecule has 2 N–H and O–H groups in total. The van der Waals surface area contributed by atoms with E-state index in [1.165, 1.54) is 0 Å². The van der Waals surface area contributed by atoms with E-state index in [0.717, 1.165) is 38.3 Å². The molecule has 3 heterocycles. The van der Waals surface area contributed by atoms with Crippen LogP contribution in [-0.4, -0.2) is 72.0 Å². The number of hydrogen-bond acceptors (Lipinski definition) is 6. The third kappa shape index (κ3) is 3.95. The van der Waals surface area contributed by atoms with Crippen LogP contribution in [0.5, 0.6) is 0 Å². The number of anilines is 1. The first-order valence-electron chi connectivity index (χ1n) is 8.04. The Hall–Kier alpha value is -2.22. The fraction of sp³-hybridized carbons (Fsp3) is 0.600. The van der Waals surface area contributed by atoms with Gasteiger partial charge in [0.1, 0.15) is 5.82 Å². The van der Waals surface area contributed by atoms with Gasteiger partial charge >= 0.3 is 0 Å². The van der Waals surface area contributed by atoms with Crippen LogP contribution in [0.15, 0.2) is 18.6 Å². The van der Waals surface area contributed by atoms with Gasteiger partial charge in [0.2, 0.25) is 11.8 Å². The highest BCUT2D eigenvalue weighted by atomic mass is 16.2. The average molecular weight is 318 g/mol. The molecule has 1 atom stereocenters. The summed E-state index contributed by atoms with van der Waals surface area (Å²) in [5, 5.41) is 5.86. The number of aromatic nitrogens is 2. The number of hydrogen-bond donors (Lipinski definition) is 2. The van der Waals surface area contributed by atoms with Gasteiger partial charge in [-0.1, -0.05) is 0 Å². The van der Waals surface area contributed by atoms with Crippen molar-refractivity contribution in [3.63, 3.8) is 0 Å². The molecule has 2 fully saturated rings. The van der Waals surface area contributed by atoms with Gasteiger partial charge in [0.25, 0.3) is 0 Å². The number of rotatable bonds is 4. The Morgan fingerprint density at radius 1 is 1.26 bits per heavy atom. The molecule has 8 nitrogen and oxygen atoms in total. The van der Waals surface area contributed by atoms with E-state index in [0.29, 0.717) is 13.1 Å². The van der Waals surface area contributed by atoms with Gasteiger partial charge in [0, 0.05) is 38.6 Å². The van der Waals surface area contributed by atoms with Crippen molar-refractivity contribution in [2.24, 2.45) is 0 Å². The van der Waals surface area contributed by atoms with Gasteiger partial charge in [0.15, 0.2) is 0 Å². The predicted octanol–water partition coefficient (Wildman–Crippen LogP) is -1.01. The summed E-state index contributed by atoms with van der Waals surface area (Å²) in [5.74, 6) is 0.726. The first kappa shape index (κ1) is 15.7. The van der Waals surface area contributed by atoms with Gasteiger partial charge in [-0.15, -0.1) is 0 Å². The Labute approximate surface area is 135 Å². The molecule has 2 aliphatic heterocycles. The normalized spacial score (nSPS) is 21.3. The maximum Gasteiger partial charge on any atom is 0.242 e. The smallest absolute Gasteiger partial charge is 0.242 e. The zero-order valence-electron chi connectivity index (χ0n) is 13.1. The molecule has 0 saturated carbocycles. The molecule has 0 aromatic carbocycles. The lowest BCUT2D eigenvalue weighted by Crippen LogP contribution is -2.52. The molecule has 0 bridgehead atoms. The van der Waals surface area contributed by atoms with Crippen LogP contribution in [-0.2, 0) is 9.59 Å². The first-order valence-corrected chi connectivity index (χ1v) is 8.04. The Balaban J connectivity index is 1.42. The summed E-state index contributed by atoms with van der Waals surface area (Å²) >= 11 is 0. The second kappa shape index (κ2) is 7.36. The summed E-state index contributed by atoms with van der Waals surface area (Å²) < 4.78 is 0. The molecule has 23 heavy (non-hydrogen) atoms. The summed E-state index contributed by atoms with van der Waals surface area (Å²) in [5.41, 5.74) is 0. The highest BCUT2D eigenvalue weighted by Crippen LogP contribution is 2.11. The maximum atomic E-state index is 12.2. The van der Waals surface area contributed by atoms with E-state index < -0.39 is 0 Å². The molecule has 3 rings (SSSR count). The zero-order valence-corrected chi connectivity index (χ0v) is 13.1. The largest absolute Gasteiger partial charge is 0.352 e. The van der Waals surface area contributed by atoms with Crippen LogP contribution >= 0.6 is 0 Å². The van der Waals surface area contributed by atoms with Gasteiger partial charge < -0.3 is 20.4 Å². The van der Waals surface area contributed by atoms with E-state index in [1.807, 2.05) is 0 Å². The molecule has 2 saturated heterocycles.